The lowest BCUT2D eigenvalue weighted by atomic mass is 10.1. The third-order valence-corrected chi connectivity index (χ3v) is 4.81. The van der Waals surface area contributed by atoms with E-state index in [9.17, 15) is 4.79 Å². The number of nitrogens with zero attached hydrogens (tertiary/aromatic N) is 2. The van der Waals surface area contributed by atoms with Gasteiger partial charge in [0, 0.05) is 36.0 Å². The lowest BCUT2D eigenvalue weighted by Gasteiger charge is -2.09. The molecule has 0 unspecified atom stereocenters. The minimum atomic E-state index is -0.155. The van der Waals surface area contributed by atoms with Crippen LogP contribution < -0.4 is 14.8 Å². The average molecular weight is 425 g/mol. The molecule has 0 atom stereocenters. The molecule has 1 amide bonds. The summed E-state index contributed by atoms with van der Waals surface area (Å²) in [6.45, 7) is 2.49. The van der Waals surface area contributed by atoms with Crippen molar-refractivity contribution in [2.75, 3.05) is 7.11 Å². The van der Waals surface area contributed by atoms with Gasteiger partial charge in [-0.15, -0.1) is 0 Å². The number of aromatic nitrogens is 2. The minimum absolute atomic E-state index is 0.155. The fourth-order valence-electron chi connectivity index (χ4n) is 3.23. The first-order valence-corrected chi connectivity index (χ1v) is 10.2. The molecule has 1 aromatic heterocycles. The van der Waals surface area contributed by atoms with E-state index in [1.54, 1.807) is 37.6 Å². The van der Waals surface area contributed by atoms with Crippen LogP contribution in [0.1, 0.15) is 21.5 Å². The molecule has 0 saturated heterocycles. The molecule has 0 aliphatic carbocycles. The van der Waals surface area contributed by atoms with Gasteiger partial charge in [-0.3, -0.25) is 4.79 Å². The van der Waals surface area contributed by atoms with Gasteiger partial charge in [-0.2, -0.15) is 4.98 Å². The van der Waals surface area contributed by atoms with Gasteiger partial charge in [0.1, 0.15) is 11.5 Å². The van der Waals surface area contributed by atoms with Crippen LogP contribution in [-0.4, -0.2) is 23.0 Å². The number of hydrogen-bond acceptors (Lipinski definition) is 5. The Morgan fingerprint density at radius 1 is 0.938 bits per heavy atom. The van der Waals surface area contributed by atoms with E-state index in [1.807, 2.05) is 55.5 Å². The first kappa shape index (κ1) is 21.1. The Kier molecular flexibility index (Phi) is 6.41. The van der Waals surface area contributed by atoms with Crippen molar-refractivity contribution >= 4 is 5.91 Å². The van der Waals surface area contributed by atoms with Crippen LogP contribution in [0.25, 0.3) is 11.4 Å². The molecule has 6 nitrogen and oxygen atoms in total. The first-order valence-electron chi connectivity index (χ1n) is 10.2. The Morgan fingerprint density at radius 3 is 2.59 bits per heavy atom. The van der Waals surface area contributed by atoms with E-state index in [0.29, 0.717) is 35.3 Å². The summed E-state index contributed by atoms with van der Waals surface area (Å²) >= 11 is 0. The highest BCUT2D eigenvalue weighted by Crippen LogP contribution is 2.25. The van der Waals surface area contributed by atoms with Gasteiger partial charge >= 0.3 is 0 Å². The second-order valence-corrected chi connectivity index (χ2v) is 7.25. The Bertz CT molecular complexity index is 1240. The third-order valence-electron chi connectivity index (χ3n) is 4.81. The van der Waals surface area contributed by atoms with E-state index in [1.165, 1.54) is 0 Å². The largest absolute Gasteiger partial charge is 0.497 e. The van der Waals surface area contributed by atoms with Crippen LogP contribution in [0.15, 0.2) is 85.1 Å². The second kappa shape index (κ2) is 9.75. The molecule has 1 N–H and O–H groups in total. The number of aryl methyl sites for hydroxylation is 1. The zero-order valence-electron chi connectivity index (χ0n) is 17.9. The molecule has 4 aromatic rings. The maximum absolute atomic E-state index is 12.7. The molecule has 4 rings (SSSR count). The monoisotopic (exact) mass is 425 g/mol. The molecule has 32 heavy (non-hydrogen) atoms. The van der Waals surface area contributed by atoms with E-state index < -0.39 is 0 Å². The summed E-state index contributed by atoms with van der Waals surface area (Å²) < 4.78 is 11.1. The summed E-state index contributed by atoms with van der Waals surface area (Å²) in [5.41, 5.74) is 3.48. The summed E-state index contributed by atoms with van der Waals surface area (Å²) in [4.78, 5) is 21.5. The van der Waals surface area contributed by atoms with Crippen LogP contribution in [0.3, 0.4) is 0 Å². The van der Waals surface area contributed by atoms with Gasteiger partial charge in [0.15, 0.2) is 5.82 Å². The van der Waals surface area contributed by atoms with E-state index in [-0.39, 0.29) is 5.91 Å². The number of nitrogens with one attached hydrogen (secondary N) is 1. The average Bonchev–Trinajstić information content (AvgIpc) is 2.83. The maximum Gasteiger partial charge on any atom is 0.251 e. The summed E-state index contributed by atoms with van der Waals surface area (Å²) in [6, 6.07) is 24.2. The molecule has 6 heteroatoms. The SMILES string of the molecule is COc1cccc(Oc2ccnc(-c3cccc(C(=O)NCc4cccc(C)c4)c3)n2)c1. The van der Waals surface area contributed by atoms with Crippen molar-refractivity contribution < 1.29 is 14.3 Å². The molecular formula is C26H23N3O3. The molecule has 1 heterocycles. The van der Waals surface area contributed by atoms with Crippen molar-refractivity contribution in [3.8, 4) is 28.8 Å². The van der Waals surface area contributed by atoms with Crippen LogP contribution in [0.2, 0.25) is 0 Å². The summed E-state index contributed by atoms with van der Waals surface area (Å²) in [7, 11) is 1.60. The molecule has 3 aromatic carbocycles. The van der Waals surface area contributed by atoms with Gasteiger partial charge in [-0.25, -0.2) is 4.98 Å². The normalized spacial score (nSPS) is 10.4. The van der Waals surface area contributed by atoms with Crippen LogP contribution in [0.4, 0.5) is 0 Å². The Morgan fingerprint density at radius 2 is 1.75 bits per heavy atom. The molecule has 0 spiro atoms. The van der Waals surface area contributed by atoms with Gasteiger partial charge < -0.3 is 14.8 Å². The van der Waals surface area contributed by atoms with Crippen LogP contribution in [0, 0.1) is 6.92 Å². The lowest BCUT2D eigenvalue weighted by Crippen LogP contribution is -2.22. The van der Waals surface area contributed by atoms with Gasteiger partial charge in [0.25, 0.3) is 5.91 Å². The summed E-state index contributed by atoms with van der Waals surface area (Å²) in [5, 5.41) is 2.96. The Hall–Kier alpha value is -4.19. The molecule has 0 aliphatic rings. The fourth-order valence-corrected chi connectivity index (χ4v) is 3.23. The third kappa shape index (κ3) is 5.29. The Labute approximate surface area is 186 Å². The predicted molar refractivity (Wildman–Crippen MR) is 123 cm³/mol. The van der Waals surface area contributed by atoms with Gasteiger partial charge in [0.2, 0.25) is 5.88 Å². The molecule has 0 fully saturated rings. The number of hydrogen-bond donors (Lipinski definition) is 1. The van der Waals surface area contributed by atoms with Crippen molar-refractivity contribution in [3.05, 3.63) is 102 Å². The number of methoxy groups -OCH3 is 1. The number of carbonyl (C=O) groups is 1. The quantitative estimate of drug-likeness (QED) is 0.441. The fraction of sp³-hybridized carbons (Fsp3) is 0.115. The number of ether oxygens (including phenoxy) is 2. The highest BCUT2D eigenvalue weighted by atomic mass is 16.5. The van der Waals surface area contributed by atoms with Crippen LogP contribution >= 0.6 is 0 Å². The molecule has 0 bridgehead atoms. The zero-order valence-corrected chi connectivity index (χ0v) is 17.9. The van der Waals surface area contributed by atoms with Gasteiger partial charge in [0.05, 0.1) is 7.11 Å². The van der Waals surface area contributed by atoms with Crippen LogP contribution in [0.5, 0.6) is 17.4 Å². The highest BCUT2D eigenvalue weighted by Gasteiger charge is 2.10. The number of carbonyl (C=O) groups excluding carboxylic acids is 1. The molecule has 0 saturated carbocycles. The lowest BCUT2D eigenvalue weighted by molar-refractivity contribution is 0.0951. The van der Waals surface area contributed by atoms with Crippen molar-refractivity contribution in [1.82, 2.24) is 15.3 Å². The predicted octanol–water partition coefficient (Wildman–Crippen LogP) is 5.18. The number of rotatable bonds is 7. The highest BCUT2D eigenvalue weighted by molar-refractivity contribution is 5.95. The van der Waals surface area contributed by atoms with E-state index in [0.717, 1.165) is 16.7 Å². The minimum Gasteiger partial charge on any atom is -0.497 e. The summed E-state index contributed by atoms with van der Waals surface area (Å²) in [5.74, 6) is 2.02. The van der Waals surface area contributed by atoms with E-state index >= 15 is 0 Å². The van der Waals surface area contributed by atoms with Crippen molar-refractivity contribution in [2.24, 2.45) is 0 Å². The van der Waals surface area contributed by atoms with Crippen LogP contribution in [-0.2, 0) is 6.54 Å². The number of benzene rings is 3. The molecular weight excluding hydrogens is 402 g/mol. The smallest absolute Gasteiger partial charge is 0.251 e. The van der Waals surface area contributed by atoms with Crippen molar-refractivity contribution in [1.29, 1.82) is 0 Å². The molecule has 0 aliphatic heterocycles. The first-order chi connectivity index (χ1) is 15.6. The summed E-state index contributed by atoms with van der Waals surface area (Å²) in [6.07, 6.45) is 1.63. The zero-order chi connectivity index (χ0) is 22.3. The van der Waals surface area contributed by atoms with E-state index in [4.69, 9.17) is 9.47 Å². The second-order valence-electron chi connectivity index (χ2n) is 7.25. The number of amides is 1. The molecule has 0 radical (unpaired) electrons. The Balaban J connectivity index is 1.49. The molecule has 160 valence electrons. The van der Waals surface area contributed by atoms with Gasteiger partial charge in [-0.05, 0) is 36.8 Å². The van der Waals surface area contributed by atoms with Crippen molar-refractivity contribution in [2.45, 2.75) is 13.5 Å². The topological polar surface area (TPSA) is 73.3 Å². The standard InChI is InChI=1S/C26H23N3O3/c1-18-6-3-7-19(14-18)17-28-26(30)21-9-4-8-20(15-21)25-27-13-12-24(29-25)32-23-11-5-10-22(16-23)31-2/h3-16H,17H2,1-2H3,(H,28,30). The van der Waals surface area contributed by atoms with Crippen molar-refractivity contribution in [3.63, 3.8) is 0 Å². The van der Waals surface area contributed by atoms with E-state index in [2.05, 4.69) is 21.4 Å². The van der Waals surface area contributed by atoms with Gasteiger partial charge in [-0.1, -0.05) is 48.0 Å². The maximum atomic E-state index is 12.7.